The van der Waals surface area contributed by atoms with E-state index in [9.17, 15) is 4.79 Å². The molecule has 3 heterocycles. The highest BCUT2D eigenvalue weighted by Crippen LogP contribution is 2.33. The van der Waals surface area contributed by atoms with Gasteiger partial charge in [-0.15, -0.1) is 0 Å². The number of rotatable bonds is 6. The summed E-state index contributed by atoms with van der Waals surface area (Å²) in [6.07, 6.45) is 5.00. The summed E-state index contributed by atoms with van der Waals surface area (Å²) in [4.78, 5) is 18.4. The average Bonchev–Trinajstić information content (AvgIpc) is 3.28. The Morgan fingerprint density at radius 3 is 3.17 bits per heavy atom. The van der Waals surface area contributed by atoms with Crippen LogP contribution in [0.25, 0.3) is 0 Å². The normalized spacial score (nSPS) is 18.8. The van der Waals surface area contributed by atoms with Gasteiger partial charge in [-0.2, -0.15) is 5.10 Å². The lowest BCUT2D eigenvalue weighted by Crippen LogP contribution is -2.44. The second-order valence-electron chi connectivity index (χ2n) is 6.06. The van der Waals surface area contributed by atoms with Gasteiger partial charge in [-0.3, -0.25) is 4.68 Å². The van der Waals surface area contributed by atoms with Gasteiger partial charge in [0.25, 0.3) is 0 Å². The van der Waals surface area contributed by atoms with Crippen molar-refractivity contribution >= 4 is 6.03 Å². The van der Waals surface area contributed by atoms with Crippen LogP contribution in [0.2, 0.25) is 0 Å². The first kappa shape index (κ1) is 16.5. The summed E-state index contributed by atoms with van der Waals surface area (Å²) in [6, 6.07) is 3.70. The molecule has 0 unspecified atom stereocenters. The first-order chi connectivity index (χ1) is 11.7. The Morgan fingerprint density at radius 2 is 2.42 bits per heavy atom. The van der Waals surface area contributed by atoms with Gasteiger partial charge in [-0.05, 0) is 31.9 Å². The summed E-state index contributed by atoms with van der Waals surface area (Å²) in [6.45, 7) is 3.71. The van der Waals surface area contributed by atoms with E-state index in [4.69, 9.17) is 9.15 Å². The van der Waals surface area contributed by atoms with Crippen LogP contribution < -0.4 is 5.32 Å². The number of carbonyl (C=O) groups is 1. The number of methoxy groups -OCH3 is 1. The Kier molecular flexibility index (Phi) is 5.14. The number of carbonyl (C=O) groups excluding carboxylic acids is 1. The monoisotopic (exact) mass is 333 g/mol. The average molecular weight is 333 g/mol. The Hall–Kier alpha value is -2.35. The smallest absolute Gasteiger partial charge is 0.318 e. The lowest BCUT2D eigenvalue weighted by molar-refractivity contribution is 0.155. The molecule has 0 aromatic carbocycles. The van der Waals surface area contributed by atoms with Gasteiger partial charge in [-0.1, -0.05) is 0 Å². The summed E-state index contributed by atoms with van der Waals surface area (Å²) in [5.41, 5.74) is 0. The molecule has 2 aromatic heterocycles. The minimum Gasteiger partial charge on any atom is -0.461 e. The molecule has 3 rings (SSSR count). The molecule has 8 heteroatoms. The van der Waals surface area contributed by atoms with E-state index in [1.807, 2.05) is 24.0 Å². The number of hydrogen-bond donors (Lipinski definition) is 1. The van der Waals surface area contributed by atoms with E-state index < -0.39 is 0 Å². The zero-order valence-corrected chi connectivity index (χ0v) is 14.0. The van der Waals surface area contributed by atoms with E-state index >= 15 is 0 Å². The molecular formula is C16H23N5O3. The maximum atomic E-state index is 12.6. The molecule has 1 N–H and O–H groups in total. The van der Waals surface area contributed by atoms with Crippen molar-refractivity contribution < 1.29 is 13.9 Å². The SMILES string of the molecule is COCc1ccc([C@H]2CCCN2C(=O)N[C@@H](C)Cn2cncn2)o1. The lowest BCUT2D eigenvalue weighted by atomic mass is 10.2. The van der Waals surface area contributed by atoms with Gasteiger partial charge < -0.3 is 19.4 Å². The largest absolute Gasteiger partial charge is 0.461 e. The number of urea groups is 1. The predicted molar refractivity (Wildman–Crippen MR) is 86.1 cm³/mol. The van der Waals surface area contributed by atoms with Gasteiger partial charge in [0, 0.05) is 19.7 Å². The van der Waals surface area contributed by atoms with E-state index in [1.54, 1.807) is 18.1 Å². The molecular weight excluding hydrogens is 310 g/mol. The van der Waals surface area contributed by atoms with Gasteiger partial charge in [0.15, 0.2) is 0 Å². The van der Waals surface area contributed by atoms with Crippen molar-refractivity contribution in [2.75, 3.05) is 13.7 Å². The van der Waals surface area contributed by atoms with Crippen molar-refractivity contribution in [1.29, 1.82) is 0 Å². The quantitative estimate of drug-likeness (QED) is 0.873. The number of hydrogen-bond acceptors (Lipinski definition) is 5. The van der Waals surface area contributed by atoms with Gasteiger partial charge in [0.05, 0.1) is 12.6 Å². The van der Waals surface area contributed by atoms with Crippen molar-refractivity contribution in [2.45, 2.75) is 45.0 Å². The number of nitrogens with zero attached hydrogens (tertiary/aromatic N) is 4. The molecule has 2 amide bonds. The molecule has 0 bridgehead atoms. The highest BCUT2D eigenvalue weighted by molar-refractivity contribution is 5.75. The molecule has 1 aliphatic heterocycles. The predicted octanol–water partition coefficient (Wildman–Crippen LogP) is 1.95. The third-order valence-electron chi connectivity index (χ3n) is 4.11. The fraction of sp³-hybridized carbons (Fsp3) is 0.562. The summed E-state index contributed by atoms with van der Waals surface area (Å²) in [7, 11) is 1.63. The van der Waals surface area contributed by atoms with Crippen LogP contribution in [0, 0.1) is 0 Å². The standard InChI is InChI=1S/C16H23N5O3/c1-12(8-20-11-17-10-18-20)19-16(22)21-7-3-4-14(21)15-6-5-13(24-15)9-23-2/h5-6,10-12,14H,3-4,7-9H2,1-2H3,(H,19,22)/t12-,14+/m0/s1. The van der Waals surface area contributed by atoms with E-state index in [-0.39, 0.29) is 18.1 Å². The lowest BCUT2D eigenvalue weighted by Gasteiger charge is -2.25. The molecule has 0 saturated carbocycles. The Balaban J connectivity index is 1.60. The van der Waals surface area contributed by atoms with Crippen LogP contribution in [0.5, 0.6) is 0 Å². The molecule has 1 saturated heterocycles. The van der Waals surface area contributed by atoms with Crippen LogP contribution in [-0.2, 0) is 17.9 Å². The molecule has 0 radical (unpaired) electrons. The molecule has 8 nitrogen and oxygen atoms in total. The van der Waals surface area contributed by atoms with Crippen LogP contribution in [0.1, 0.15) is 37.3 Å². The molecule has 0 aliphatic carbocycles. The van der Waals surface area contributed by atoms with E-state index in [0.717, 1.165) is 30.9 Å². The number of likely N-dealkylation sites (tertiary alicyclic amines) is 1. The fourth-order valence-electron chi connectivity index (χ4n) is 3.05. The number of aromatic nitrogens is 3. The maximum Gasteiger partial charge on any atom is 0.318 e. The van der Waals surface area contributed by atoms with Crippen LogP contribution in [0.4, 0.5) is 4.79 Å². The molecule has 2 atom stereocenters. The van der Waals surface area contributed by atoms with Crippen molar-refractivity contribution in [2.24, 2.45) is 0 Å². The Labute approximate surface area is 140 Å². The number of furan rings is 1. The zero-order valence-electron chi connectivity index (χ0n) is 14.0. The minimum absolute atomic E-state index is 0.0193. The summed E-state index contributed by atoms with van der Waals surface area (Å²) in [5.74, 6) is 1.60. The van der Waals surface area contributed by atoms with Gasteiger partial charge in [-0.25, -0.2) is 9.78 Å². The van der Waals surface area contributed by atoms with Crippen LogP contribution in [0.15, 0.2) is 29.2 Å². The van der Waals surface area contributed by atoms with Crippen LogP contribution in [0.3, 0.4) is 0 Å². The summed E-state index contributed by atoms with van der Waals surface area (Å²) < 4.78 is 12.6. The molecule has 0 spiro atoms. The number of nitrogens with one attached hydrogen (secondary N) is 1. The third-order valence-corrected chi connectivity index (χ3v) is 4.11. The van der Waals surface area contributed by atoms with Crippen molar-refractivity contribution in [3.8, 4) is 0 Å². The molecule has 130 valence electrons. The Bertz CT molecular complexity index is 654. The van der Waals surface area contributed by atoms with Gasteiger partial charge in [0.1, 0.15) is 30.8 Å². The summed E-state index contributed by atoms with van der Waals surface area (Å²) in [5, 5.41) is 7.08. The van der Waals surface area contributed by atoms with Crippen molar-refractivity contribution in [3.63, 3.8) is 0 Å². The second-order valence-corrected chi connectivity index (χ2v) is 6.06. The second kappa shape index (κ2) is 7.48. The number of amides is 2. The third kappa shape index (κ3) is 3.76. The summed E-state index contributed by atoms with van der Waals surface area (Å²) >= 11 is 0. The fourth-order valence-corrected chi connectivity index (χ4v) is 3.05. The van der Waals surface area contributed by atoms with Crippen LogP contribution in [-0.4, -0.2) is 45.4 Å². The van der Waals surface area contributed by atoms with Gasteiger partial charge >= 0.3 is 6.03 Å². The van der Waals surface area contributed by atoms with E-state index in [1.165, 1.54) is 6.33 Å². The van der Waals surface area contributed by atoms with Gasteiger partial charge in [0.2, 0.25) is 0 Å². The molecule has 2 aromatic rings. The van der Waals surface area contributed by atoms with Crippen molar-refractivity contribution in [1.82, 2.24) is 25.0 Å². The van der Waals surface area contributed by atoms with E-state index in [0.29, 0.717) is 13.2 Å². The zero-order chi connectivity index (χ0) is 16.9. The van der Waals surface area contributed by atoms with Crippen LogP contribution >= 0.6 is 0 Å². The number of ether oxygens (including phenoxy) is 1. The molecule has 1 aliphatic rings. The molecule has 1 fully saturated rings. The van der Waals surface area contributed by atoms with E-state index in [2.05, 4.69) is 15.4 Å². The van der Waals surface area contributed by atoms with Crippen molar-refractivity contribution in [3.05, 3.63) is 36.3 Å². The highest BCUT2D eigenvalue weighted by atomic mass is 16.5. The molecule has 24 heavy (non-hydrogen) atoms. The highest BCUT2D eigenvalue weighted by Gasteiger charge is 2.32. The Morgan fingerprint density at radius 1 is 1.54 bits per heavy atom. The first-order valence-corrected chi connectivity index (χ1v) is 8.14. The maximum absolute atomic E-state index is 12.6. The topological polar surface area (TPSA) is 85.4 Å². The minimum atomic E-state index is -0.0743. The first-order valence-electron chi connectivity index (χ1n) is 8.14.